The van der Waals surface area contributed by atoms with Crippen LogP contribution in [-0.2, 0) is 11.3 Å². The van der Waals surface area contributed by atoms with Gasteiger partial charge >= 0.3 is 0 Å². The largest absolute Gasteiger partial charge is 0.497 e. The highest BCUT2D eigenvalue weighted by Crippen LogP contribution is 2.32. The Bertz CT molecular complexity index is 1130. The minimum Gasteiger partial charge on any atom is -0.497 e. The molecule has 1 N–H and O–H groups in total. The highest BCUT2D eigenvalue weighted by molar-refractivity contribution is 5.84. The van der Waals surface area contributed by atoms with Gasteiger partial charge in [0.25, 0.3) is 0 Å². The summed E-state index contributed by atoms with van der Waals surface area (Å²) in [6.07, 6.45) is 3.90. The Morgan fingerprint density at radius 2 is 2.14 bits per heavy atom. The first kappa shape index (κ1) is 16.9. The van der Waals surface area contributed by atoms with Gasteiger partial charge in [-0.2, -0.15) is 0 Å². The number of amides is 1. The number of nitrogens with one attached hydrogen (secondary N) is 1. The lowest BCUT2D eigenvalue weighted by molar-refractivity contribution is -0.132. The third-order valence-corrected chi connectivity index (χ3v) is 5.58. The Kier molecular flexibility index (Phi) is 4.04. The summed E-state index contributed by atoms with van der Waals surface area (Å²) in [4.78, 5) is 23.2. The average molecular weight is 374 g/mol. The number of benzene rings is 2. The number of likely N-dealkylation sites (tertiary alicyclic amines) is 1. The maximum atomic E-state index is 13.1. The zero-order valence-corrected chi connectivity index (χ0v) is 15.8. The van der Waals surface area contributed by atoms with Crippen LogP contribution < -0.4 is 4.74 Å². The Hall–Kier alpha value is -3.28. The lowest BCUT2D eigenvalue weighted by atomic mass is 10.2. The van der Waals surface area contributed by atoms with Crippen molar-refractivity contribution in [3.05, 3.63) is 60.6 Å². The number of ether oxygens (including phenoxy) is 1. The van der Waals surface area contributed by atoms with Gasteiger partial charge in [-0.25, -0.2) is 4.98 Å². The van der Waals surface area contributed by atoms with Gasteiger partial charge in [-0.15, -0.1) is 0 Å². The standard InChI is InChI=1S/C22H22N4O2/c1-28-16-8-9-19-15(13-16)10-12-25(19)14-21(27)26-11-4-7-20(26)22-23-17-5-2-3-6-18(17)24-22/h2-3,5-6,8-10,12-13,20H,4,7,11,14H2,1H3,(H,23,24)/t20-/m1/s1. The number of aromatic amines is 1. The molecule has 0 radical (unpaired) electrons. The molecule has 1 amide bonds. The first-order valence-electron chi connectivity index (χ1n) is 9.60. The molecule has 1 aliphatic heterocycles. The Balaban J connectivity index is 1.40. The van der Waals surface area contributed by atoms with Gasteiger partial charge in [0.1, 0.15) is 18.1 Å². The summed E-state index contributed by atoms with van der Waals surface area (Å²) in [6, 6.07) is 15.9. The molecule has 0 bridgehead atoms. The van der Waals surface area contributed by atoms with Crippen LogP contribution in [-0.4, -0.2) is 39.0 Å². The van der Waals surface area contributed by atoms with E-state index < -0.39 is 0 Å². The first-order chi connectivity index (χ1) is 13.7. The van der Waals surface area contributed by atoms with Crippen molar-refractivity contribution >= 4 is 27.8 Å². The van der Waals surface area contributed by atoms with Crippen molar-refractivity contribution in [3.63, 3.8) is 0 Å². The molecule has 3 heterocycles. The molecular formula is C22H22N4O2. The average Bonchev–Trinajstić information content (AvgIpc) is 3.45. The van der Waals surface area contributed by atoms with Gasteiger partial charge in [-0.05, 0) is 49.2 Å². The number of hydrogen-bond acceptors (Lipinski definition) is 3. The van der Waals surface area contributed by atoms with E-state index in [1.54, 1.807) is 7.11 Å². The summed E-state index contributed by atoms with van der Waals surface area (Å²) in [5, 5.41) is 1.07. The van der Waals surface area contributed by atoms with E-state index in [4.69, 9.17) is 9.72 Å². The molecule has 28 heavy (non-hydrogen) atoms. The molecule has 0 saturated carbocycles. The summed E-state index contributed by atoms with van der Waals surface area (Å²) in [5.74, 6) is 1.83. The van der Waals surface area contributed by atoms with Crippen molar-refractivity contribution in [2.24, 2.45) is 0 Å². The number of hydrogen-bond donors (Lipinski definition) is 1. The third-order valence-electron chi connectivity index (χ3n) is 5.58. The van der Waals surface area contributed by atoms with Crippen LogP contribution in [0.25, 0.3) is 21.9 Å². The van der Waals surface area contributed by atoms with Gasteiger partial charge in [0.2, 0.25) is 5.91 Å². The van der Waals surface area contributed by atoms with E-state index in [2.05, 4.69) is 4.98 Å². The monoisotopic (exact) mass is 374 g/mol. The van der Waals surface area contributed by atoms with Crippen LogP contribution in [0.4, 0.5) is 0 Å². The molecular weight excluding hydrogens is 352 g/mol. The van der Waals surface area contributed by atoms with E-state index in [0.29, 0.717) is 6.54 Å². The molecule has 5 rings (SSSR count). The van der Waals surface area contributed by atoms with Crippen molar-refractivity contribution in [1.82, 2.24) is 19.4 Å². The summed E-state index contributed by atoms with van der Waals surface area (Å²) >= 11 is 0. The van der Waals surface area contributed by atoms with Gasteiger partial charge < -0.3 is 19.2 Å². The zero-order chi connectivity index (χ0) is 19.1. The maximum absolute atomic E-state index is 13.1. The molecule has 6 heteroatoms. The predicted octanol–water partition coefficient (Wildman–Crippen LogP) is 3.89. The lowest BCUT2D eigenvalue weighted by Crippen LogP contribution is -2.33. The van der Waals surface area contributed by atoms with E-state index >= 15 is 0 Å². The van der Waals surface area contributed by atoms with Crippen LogP contribution >= 0.6 is 0 Å². The van der Waals surface area contributed by atoms with E-state index in [-0.39, 0.29) is 11.9 Å². The van der Waals surface area contributed by atoms with Crippen LogP contribution in [0, 0.1) is 0 Å². The number of carbonyl (C=O) groups is 1. The third kappa shape index (κ3) is 2.81. The second kappa shape index (κ2) is 6.71. The molecule has 2 aromatic carbocycles. The molecule has 142 valence electrons. The first-order valence-corrected chi connectivity index (χ1v) is 9.60. The maximum Gasteiger partial charge on any atom is 0.243 e. The van der Waals surface area contributed by atoms with Gasteiger partial charge in [0, 0.05) is 23.6 Å². The number of methoxy groups -OCH3 is 1. The van der Waals surface area contributed by atoms with Crippen molar-refractivity contribution in [1.29, 1.82) is 0 Å². The molecule has 1 saturated heterocycles. The van der Waals surface area contributed by atoms with E-state index in [9.17, 15) is 4.79 Å². The van der Waals surface area contributed by atoms with Crippen LogP contribution in [0.15, 0.2) is 54.7 Å². The second-order valence-electron chi connectivity index (χ2n) is 7.25. The van der Waals surface area contributed by atoms with Crippen LogP contribution in [0.2, 0.25) is 0 Å². The van der Waals surface area contributed by atoms with Crippen LogP contribution in [0.5, 0.6) is 5.75 Å². The summed E-state index contributed by atoms with van der Waals surface area (Å²) in [6.45, 7) is 1.10. The molecule has 0 spiro atoms. The van der Waals surface area contributed by atoms with Crippen molar-refractivity contribution in [2.75, 3.05) is 13.7 Å². The SMILES string of the molecule is COc1ccc2c(ccn2CC(=O)N2CCC[C@@H]2c2nc3ccccc3[nH]2)c1. The number of rotatable bonds is 4. The fourth-order valence-corrected chi connectivity index (χ4v) is 4.16. The molecule has 1 atom stereocenters. The van der Waals surface area contributed by atoms with Gasteiger partial charge in [-0.3, -0.25) is 4.79 Å². The number of fused-ring (bicyclic) bond motifs is 2. The highest BCUT2D eigenvalue weighted by Gasteiger charge is 2.32. The van der Waals surface area contributed by atoms with E-state index in [1.807, 2.05) is 64.2 Å². The molecule has 0 aliphatic carbocycles. The van der Waals surface area contributed by atoms with Gasteiger partial charge in [0.05, 0.1) is 24.2 Å². The minimum atomic E-state index is 0.0156. The molecule has 6 nitrogen and oxygen atoms in total. The number of para-hydroxylation sites is 2. The number of carbonyl (C=O) groups excluding carboxylic acids is 1. The number of imidazole rings is 1. The van der Waals surface area contributed by atoms with Gasteiger partial charge in [-0.1, -0.05) is 12.1 Å². The number of nitrogens with zero attached hydrogens (tertiary/aromatic N) is 3. The van der Waals surface area contributed by atoms with Crippen molar-refractivity contribution < 1.29 is 9.53 Å². The fourth-order valence-electron chi connectivity index (χ4n) is 4.16. The quantitative estimate of drug-likeness (QED) is 0.589. The van der Waals surface area contributed by atoms with Crippen molar-refractivity contribution in [3.8, 4) is 5.75 Å². The van der Waals surface area contributed by atoms with E-state index in [1.165, 1.54) is 0 Å². The second-order valence-corrected chi connectivity index (χ2v) is 7.25. The summed E-state index contributed by atoms with van der Waals surface area (Å²) in [5.41, 5.74) is 3.00. The smallest absolute Gasteiger partial charge is 0.243 e. The van der Waals surface area contributed by atoms with Crippen molar-refractivity contribution in [2.45, 2.75) is 25.4 Å². The lowest BCUT2D eigenvalue weighted by Gasteiger charge is -2.23. The molecule has 2 aromatic heterocycles. The molecule has 1 aliphatic rings. The molecule has 0 unspecified atom stereocenters. The Morgan fingerprint density at radius 3 is 3.00 bits per heavy atom. The van der Waals surface area contributed by atoms with Gasteiger partial charge in [0.15, 0.2) is 0 Å². The summed E-state index contributed by atoms with van der Waals surface area (Å²) < 4.78 is 7.29. The van der Waals surface area contributed by atoms with Crippen LogP contribution in [0.3, 0.4) is 0 Å². The Labute approximate surface area is 162 Å². The predicted molar refractivity (Wildman–Crippen MR) is 108 cm³/mol. The molecule has 1 fully saturated rings. The topological polar surface area (TPSA) is 63.1 Å². The zero-order valence-electron chi connectivity index (χ0n) is 15.8. The van der Waals surface area contributed by atoms with Crippen LogP contribution in [0.1, 0.15) is 24.7 Å². The fraction of sp³-hybridized carbons (Fsp3) is 0.273. The van der Waals surface area contributed by atoms with E-state index in [0.717, 1.165) is 52.9 Å². The minimum absolute atomic E-state index is 0.0156. The highest BCUT2D eigenvalue weighted by atomic mass is 16.5. The Morgan fingerprint density at radius 1 is 1.25 bits per heavy atom. The normalized spacial score (nSPS) is 16.9. The number of H-pyrrole nitrogens is 1. The molecule has 4 aromatic rings. The number of aromatic nitrogens is 3. The summed E-state index contributed by atoms with van der Waals surface area (Å²) in [7, 11) is 1.66.